The molecule has 0 aromatic rings. The van der Waals surface area contributed by atoms with Crippen LogP contribution >= 0.6 is 0 Å². The lowest BCUT2D eigenvalue weighted by Gasteiger charge is -2.09. The molecule has 0 saturated carbocycles. The molecular formula is C16H33NO5. The Hall–Kier alpha value is -0.690. The molecule has 132 valence electrons. The standard InChI is InChI=1S/C16H33NO5/c1-4-5-7-19-9-11-21-13-14-22-12-10-20-8-6-17-16(18)15(2)3/h15H,4-14H2,1-3H3,(H,17,18). The highest BCUT2D eigenvalue weighted by atomic mass is 16.6. The molecule has 0 fully saturated rings. The molecule has 0 unspecified atom stereocenters. The van der Waals surface area contributed by atoms with Crippen LogP contribution < -0.4 is 5.32 Å². The van der Waals surface area contributed by atoms with Gasteiger partial charge >= 0.3 is 0 Å². The number of carbonyl (C=O) groups excluding carboxylic acids is 1. The summed E-state index contributed by atoms with van der Waals surface area (Å²) in [6.45, 7) is 11.2. The molecule has 0 spiro atoms. The van der Waals surface area contributed by atoms with Crippen molar-refractivity contribution in [2.24, 2.45) is 5.92 Å². The summed E-state index contributed by atoms with van der Waals surface area (Å²) in [5, 5.41) is 2.79. The van der Waals surface area contributed by atoms with Crippen LogP contribution in [-0.4, -0.2) is 65.3 Å². The molecule has 0 aromatic heterocycles. The molecule has 1 amide bonds. The normalized spacial score (nSPS) is 11.1. The average Bonchev–Trinajstić information content (AvgIpc) is 2.50. The zero-order valence-corrected chi connectivity index (χ0v) is 14.4. The van der Waals surface area contributed by atoms with Crippen molar-refractivity contribution in [1.82, 2.24) is 5.32 Å². The van der Waals surface area contributed by atoms with E-state index in [1.165, 1.54) is 0 Å². The summed E-state index contributed by atoms with van der Waals surface area (Å²) in [4.78, 5) is 11.3. The third-order valence-electron chi connectivity index (χ3n) is 2.83. The molecule has 0 aliphatic heterocycles. The predicted octanol–water partition coefficient (Wildman–Crippen LogP) is 1.63. The van der Waals surface area contributed by atoms with Gasteiger partial charge in [-0.1, -0.05) is 27.2 Å². The van der Waals surface area contributed by atoms with Crippen LogP contribution in [0.3, 0.4) is 0 Å². The number of hydrogen-bond acceptors (Lipinski definition) is 5. The first kappa shape index (κ1) is 21.3. The highest BCUT2D eigenvalue weighted by molar-refractivity contribution is 5.77. The Morgan fingerprint density at radius 1 is 0.818 bits per heavy atom. The van der Waals surface area contributed by atoms with E-state index in [0.29, 0.717) is 52.8 Å². The minimum Gasteiger partial charge on any atom is -0.379 e. The molecular weight excluding hydrogens is 286 g/mol. The van der Waals surface area contributed by atoms with Crippen molar-refractivity contribution in [3.8, 4) is 0 Å². The molecule has 22 heavy (non-hydrogen) atoms. The van der Waals surface area contributed by atoms with Crippen LogP contribution in [-0.2, 0) is 23.7 Å². The van der Waals surface area contributed by atoms with Crippen LogP contribution in [0.5, 0.6) is 0 Å². The summed E-state index contributed by atoms with van der Waals surface area (Å²) in [5.41, 5.74) is 0. The van der Waals surface area contributed by atoms with Crippen molar-refractivity contribution in [3.63, 3.8) is 0 Å². The topological polar surface area (TPSA) is 66.0 Å². The molecule has 1 N–H and O–H groups in total. The van der Waals surface area contributed by atoms with Gasteiger partial charge in [0.05, 0.1) is 46.2 Å². The Morgan fingerprint density at radius 3 is 1.73 bits per heavy atom. The molecule has 6 heteroatoms. The fourth-order valence-electron chi connectivity index (χ4n) is 1.46. The number of amides is 1. The van der Waals surface area contributed by atoms with E-state index in [4.69, 9.17) is 18.9 Å². The number of rotatable bonds is 16. The molecule has 0 aromatic carbocycles. The summed E-state index contributed by atoms with van der Waals surface area (Å²) in [7, 11) is 0. The van der Waals surface area contributed by atoms with Crippen LogP contribution in [0.2, 0.25) is 0 Å². The van der Waals surface area contributed by atoms with Crippen molar-refractivity contribution in [1.29, 1.82) is 0 Å². The second kappa shape index (κ2) is 16.7. The highest BCUT2D eigenvalue weighted by Crippen LogP contribution is 1.90. The van der Waals surface area contributed by atoms with Gasteiger partial charge in [0.15, 0.2) is 0 Å². The third kappa shape index (κ3) is 15.7. The van der Waals surface area contributed by atoms with Crippen molar-refractivity contribution in [2.45, 2.75) is 33.6 Å². The van der Waals surface area contributed by atoms with Crippen molar-refractivity contribution in [2.75, 3.05) is 59.4 Å². The van der Waals surface area contributed by atoms with E-state index in [1.807, 2.05) is 13.8 Å². The average molecular weight is 319 g/mol. The minimum absolute atomic E-state index is 0.0142. The predicted molar refractivity (Wildman–Crippen MR) is 86.0 cm³/mol. The molecule has 0 rings (SSSR count). The number of nitrogens with one attached hydrogen (secondary N) is 1. The lowest BCUT2D eigenvalue weighted by atomic mass is 10.2. The SMILES string of the molecule is CCCCOCCOCCOCCOCCNC(=O)C(C)C. The van der Waals surface area contributed by atoms with Gasteiger partial charge in [-0.05, 0) is 6.42 Å². The second-order valence-electron chi connectivity index (χ2n) is 5.25. The summed E-state index contributed by atoms with van der Waals surface area (Å²) < 4.78 is 21.5. The number of carbonyl (C=O) groups is 1. The van der Waals surface area contributed by atoms with E-state index < -0.39 is 0 Å². The van der Waals surface area contributed by atoms with E-state index in [9.17, 15) is 4.79 Å². The molecule has 0 aliphatic rings. The van der Waals surface area contributed by atoms with Crippen LogP contribution in [0.4, 0.5) is 0 Å². The van der Waals surface area contributed by atoms with E-state index in [-0.39, 0.29) is 11.8 Å². The van der Waals surface area contributed by atoms with E-state index in [1.54, 1.807) is 0 Å². The first-order valence-electron chi connectivity index (χ1n) is 8.27. The van der Waals surface area contributed by atoms with Crippen molar-refractivity contribution < 1.29 is 23.7 Å². The van der Waals surface area contributed by atoms with Crippen LogP contribution in [0, 0.1) is 5.92 Å². The quantitative estimate of drug-likeness (QED) is 0.438. The zero-order valence-electron chi connectivity index (χ0n) is 14.4. The van der Waals surface area contributed by atoms with Crippen molar-refractivity contribution >= 4 is 5.91 Å². The Labute approximate surface area is 134 Å². The molecule has 6 nitrogen and oxygen atoms in total. The molecule has 0 aliphatic carbocycles. The van der Waals surface area contributed by atoms with Gasteiger partial charge in [-0.3, -0.25) is 4.79 Å². The fraction of sp³-hybridized carbons (Fsp3) is 0.938. The Kier molecular flexibility index (Phi) is 16.2. The third-order valence-corrected chi connectivity index (χ3v) is 2.83. The maximum atomic E-state index is 11.3. The van der Waals surface area contributed by atoms with Gasteiger partial charge in [-0.15, -0.1) is 0 Å². The number of unbranched alkanes of at least 4 members (excludes halogenated alkanes) is 1. The van der Waals surface area contributed by atoms with Gasteiger partial charge in [-0.25, -0.2) is 0 Å². The van der Waals surface area contributed by atoms with Crippen LogP contribution in [0.15, 0.2) is 0 Å². The largest absolute Gasteiger partial charge is 0.379 e. The summed E-state index contributed by atoms with van der Waals surface area (Å²) in [5.74, 6) is 0.0658. The maximum absolute atomic E-state index is 11.3. The highest BCUT2D eigenvalue weighted by Gasteiger charge is 2.04. The van der Waals surface area contributed by atoms with Gasteiger partial charge in [0.25, 0.3) is 0 Å². The molecule has 0 radical (unpaired) electrons. The number of hydrogen-bond donors (Lipinski definition) is 1. The summed E-state index contributed by atoms with van der Waals surface area (Å²) >= 11 is 0. The van der Waals surface area contributed by atoms with E-state index >= 15 is 0 Å². The van der Waals surface area contributed by atoms with Gasteiger partial charge in [0.1, 0.15) is 0 Å². The van der Waals surface area contributed by atoms with E-state index in [2.05, 4.69) is 12.2 Å². The molecule has 0 atom stereocenters. The van der Waals surface area contributed by atoms with Gasteiger partial charge < -0.3 is 24.3 Å². The molecule has 0 saturated heterocycles. The van der Waals surface area contributed by atoms with Crippen LogP contribution in [0.25, 0.3) is 0 Å². The zero-order chi connectivity index (χ0) is 16.5. The van der Waals surface area contributed by atoms with Gasteiger partial charge in [0, 0.05) is 19.1 Å². The monoisotopic (exact) mass is 319 g/mol. The first-order chi connectivity index (χ1) is 10.7. The van der Waals surface area contributed by atoms with Gasteiger partial charge in [-0.2, -0.15) is 0 Å². The van der Waals surface area contributed by atoms with Crippen molar-refractivity contribution in [3.05, 3.63) is 0 Å². The fourth-order valence-corrected chi connectivity index (χ4v) is 1.46. The Morgan fingerprint density at radius 2 is 1.27 bits per heavy atom. The lowest BCUT2D eigenvalue weighted by molar-refractivity contribution is -0.124. The first-order valence-corrected chi connectivity index (χ1v) is 8.27. The summed E-state index contributed by atoms with van der Waals surface area (Å²) in [6.07, 6.45) is 2.26. The summed E-state index contributed by atoms with van der Waals surface area (Å²) in [6, 6.07) is 0. The van der Waals surface area contributed by atoms with Crippen LogP contribution in [0.1, 0.15) is 33.6 Å². The smallest absolute Gasteiger partial charge is 0.222 e. The minimum atomic E-state index is 0.0142. The lowest BCUT2D eigenvalue weighted by Crippen LogP contribution is -2.31. The Balaban J connectivity index is 3.04. The maximum Gasteiger partial charge on any atom is 0.222 e. The number of ether oxygens (including phenoxy) is 4. The molecule has 0 heterocycles. The second-order valence-corrected chi connectivity index (χ2v) is 5.25. The van der Waals surface area contributed by atoms with Gasteiger partial charge in [0.2, 0.25) is 5.91 Å². The van der Waals surface area contributed by atoms with E-state index in [0.717, 1.165) is 19.4 Å². The molecule has 0 bridgehead atoms. The Bertz CT molecular complexity index is 249.